The zero-order valence-corrected chi connectivity index (χ0v) is 12.3. The monoisotopic (exact) mass is 271 g/mol. The first kappa shape index (κ1) is 12.9. The summed E-state index contributed by atoms with van der Waals surface area (Å²) in [5, 5.41) is 3.76. The predicted molar refractivity (Wildman–Crippen MR) is 82.6 cm³/mol. The Kier molecular flexibility index (Phi) is 4.00. The highest BCUT2D eigenvalue weighted by atomic mass is 32.1. The predicted octanol–water partition coefficient (Wildman–Crippen LogP) is 4.61. The van der Waals surface area contributed by atoms with Gasteiger partial charge in [0.25, 0.3) is 0 Å². The van der Waals surface area contributed by atoms with Crippen LogP contribution in [0.2, 0.25) is 0 Å². The van der Waals surface area contributed by atoms with Crippen molar-refractivity contribution >= 4 is 11.3 Å². The van der Waals surface area contributed by atoms with Crippen LogP contribution in [0.15, 0.2) is 36.4 Å². The van der Waals surface area contributed by atoms with Crippen LogP contribution in [0.25, 0.3) is 0 Å². The Morgan fingerprint density at radius 1 is 1.16 bits per heavy atom. The fraction of sp³-hybridized carbons (Fsp3) is 0.412. The third kappa shape index (κ3) is 3.07. The molecule has 3 rings (SSSR count). The van der Waals surface area contributed by atoms with E-state index >= 15 is 0 Å². The number of nitrogens with one attached hydrogen (secondary N) is 1. The second-order valence-electron chi connectivity index (χ2n) is 5.39. The summed E-state index contributed by atoms with van der Waals surface area (Å²) in [6, 6.07) is 13.9. The minimum Gasteiger partial charge on any atom is -0.305 e. The SMILES string of the molecule is Cc1ccc(CN[C@@H]2CCCCc3ccccc32)s1. The van der Waals surface area contributed by atoms with E-state index in [-0.39, 0.29) is 0 Å². The van der Waals surface area contributed by atoms with Crippen molar-refractivity contribution in [3.05, 3.63) is 57.3 Å². The van der Waals surface area contributed by atoms with E-state index in [2.05, 4.69) is 48.6 Å². The summed E-state index contributed by atoms with van der Waals surface area (Å²) in [6.07, 6.45) is 5.16. The molecule has 1 aliphatic rings. The van der Waals surface area contributed by atoms with Gasteiger partial charge in [0.15, 0.2) is 0 Å². The molecule has 19 heavy (non-hydrogen) atoms. The lowest BCUT2D eigenvalue weighted by Gasteiger charge is -2.19. The number of thiophene rings is 1. The van der Waals surface area contributed by atoms with Crippen LogP contribution >= 0.6 is 11.3 Å². The molecule has 100 valence electrons. The Morgan fingerprint density at radius 2 is 2.05 bits per heavy atom. The minimum atomic E-state index is 0.529. The number of benzene rings is 1. The standard InChI is InChI=1S/C17H21NS/c1-13-10-11-15(19-13)12-18-17-9-5-3-7-14-6-2-4-8-16(14)17/h2,4,6,8,10-11,17-18H,3,5,7,9,12H2,1H3/t17-/m1/s1. The minimum absolute atomic E-state index is 0.529. The third-order valence-corrected chi connectivity index (χ3v) is 4.94. The second-order valence-corrected chi connectivity index (χ2v) is 6.76. The number of rotatable bonds is 3. The van der Waals surface area contributed by atoms with E-state index in [1.54, 1.807) is 5.56 Å². The highest BCUT2D eigenvalue weighted by molar-refractivity contribution is 7.11. The number of aryl methyl sites for hydroxylation is 2. The molecule has 0 bridgehead atoms. The molecule has 1 aromatic carbocycles. The molecule has 2 aromatic rings. The van der Waals surface area contributed by atoms with E-state index in [9.17, 15) is 0 Å². The van der Waals surface area contributed by atoms with Crippen molar-refractivity contribution in [1.82, 2.24) is 5.32 Å². The van der Waals surface area contributed by atoms with Crippen LogP contribution in [-0.4, -0.2) is 0 Å². The van der Waals surface area contributed by atoms with Crippen LogP contribution in [0, 0.1) is 6.92 Å². The lowest BCUT2D eigenvalue weighted by Crippen LogP contribution is -2.20. The molecular formula is C17H21NS. The summed E-state index contributed by atoms with van der Waals surface area (Å²) in [5.74, 6) is 0. The summed E-state index contributed by atoms with van der Waals surface area (Å²) >= 11 is 1.90. The third-order valence-electron chi connectivity index (χ3n) is 3.94. The van der Waals surface area contributed by atoms with Gasteiger partial charge in [-0.2, -0.15) is 0 Å². The van der Waals surface area contributed by atoms with E-state index < -0.39 is 0 Å². The Balaban J connectivity index is 1.73. The Labute approximate surface area is 119 Å². The van der Waals surface area contributed by atoms with Gasteiger partial charge in [0, 0.05) is 22.3 Å². The van der Waals surface area contributed by atoms with Gasteiger partial charge < -0.3 is 5.32 Å². The van der Waals surface area contributed by atoms with Gasteiger partial charge >= 0.3 is 0 Å². The molecule has 0 unspecified atom stereocenters. The molecule has 1 aromatic heterocycles. The number of fused-ring (bicyclic) bond motifs is 1. The summed E-state index contributed by atoms with van der Waals surface area (Å²) in [6.45, 7) is 3.17. The summed E-state index contributed by atoms with van der Waals surface area (Å²) in [4.78, 5) is 2.84. The van der Waals surface area contributed by atoms with Crippen LogP contribution in [0.5, 0.6) is 0 Å². The van der Waals surface area contributed by atoms with Gasteiger partial charge in [-0.3, -0.25) is 0 Å². The van der Waals surface area contributed by atoms with Crippen molar-refractivity contribution < 1.29 is 0 Å². The summed E-state index contributed by atoms with van der Waals surface area (Å²) in [5.41, 5.74) is 3.06. The van der Waals surface area contributed by atoms with E-state index in [1.165, 1.54) is 41.0 Å². The van der Waals surface area contributed by atoms with Gasteiger partial charge in [-0.15, -0.1) is 11.3 Å². The molecule has 0 amide bonds. The van der Waals surface area contributed by atoms with Gasteiger partial charge in [-0.1, -0.05) is 30.7 Å². The molecular weight excluding hydrogens is 250 g/mol. The average Bonchev–Trinajstić information content (AvgIpc) is 2.73. The lowest BCUT2D eigenvalue weighted by molar-refractivity contribution is 0.491. The fourth-order valence-electron chi connectivity index (χ4n) is 2.94. The first-order valence-electron chi connectivity index (χ1n) is 7.19. The largest absolute Gasteiger partial charge is 0.305 e. The molecule has 1 aliphatic carbocycles. The molecule has 0 radical (unpaired) electrons. The topological polar surface area (TPSA) is 12.0 Å². The number of hydrogen-bond acceptors (Lipinski definition) is 2. The maximum atomic E-state index is 3.76. The molecule has 0 saturated heterocycles. The van der Waals surface area contributed by atoms with Gasteiger partial charge in [0.05, 0.1) is 0 Å². The van der Waals surface area contributed by atoms with Crippen LogP contribution < -0.4 is 5.32 Å². The van der Waals surface area contributed by atoms with Crippen molar-refractivity contribution in [2.45, 2.75) is 45.2 Å². The Bertz CT molecular complexity index is 544. The van der Waals surface area contributed by atoms with Gasteiger partial charge in [-0.05, 0) is 49.4 Å². The van der Waals surface area contributed by atoms with Gasteiger partial charge in [0.1, 0.15) is 0 Å². The van der Waals surface area contributed by atoms with Crippen molar-refractivity contribution in [2.75, 3.05) is 0 Å². The molecule has 1 N–H and O–H groups in total. The first-order chi connectivity index (χ1) is 9.33. The normalized spacial score (nSPS) is 18.9. The molecule has 0 spiro atoms. The van der Waals surface area contributed by atoms with Crippen LogP contribution in [0.3, 0.4) is 0 Å². The van der Waals surface area contributed by atoms with E-state index in [0.29, 0.717) is 6.04 Å². The average molecular weight is 271 g/mol. The summed E-state index contributed by atoms with van der Waals surface area (Å²) < 4.78 is 0. The lowest BCUT2D eigenvalue weighted by atomic mass is 9.99. The smallest absolute Gasteiger partial charge is 0.0326 e. The molecule has 0 saturated carbocycles. The zero-order valence-electron chi connectivity index (χ0n) is 11.5. The van der Waals surface area contributed by atoms with Crippen LogP contribution in [0.4, 0.5) is 0 Å². The fourth-order valence-corrected chi connectivity index (χ4v) is 3.78. The maximum absolute atomic E-state index is 3.76. The first-order valence-corrected chi connectivity index (χ1v) is 8.01. The Morgan fingerprint density at radius 3 is 2.89 bits per heavy atom. The van der Waals surface area contributed by atoms with Crippen LogP contribution in [-0.2, 0) is 13.0 Å². The van der Waals surface area contributed by atoms with Crippen molar-refractivity contribution in [1.29, 1.82) is 0 Å². The highest BCUT2D eigenvalue weighted by Gasteiger charge is 2.17. The zero-order chi connectivity index (χ0) is 13.1. The maximum Gasteiger partial charge on any atom is 0.0326 e. The van der Waals surface area contributed by atoms with E-state index in [1.807, 2.05) is 11.3 Å². The van der Waals surface area contributed by atoms with Crippen molar-refractivity contribution in [2.24, 2.45) is 0 Å². The second kappa shape index (κ2) is 5.89. The van der Waals surface area contributed by atoms with Crippen molar-refractivity contribution in [3.63, 3.8) is 0 Å². The highest BCUT2D eigenvalue weighted by Crippen LogP contribution is 2.29. The molecule has 0 aliphatic heterocycles. The molecule has 0 fully saturated rings. The Hall–Kier alpha value is -1.12. The van der Waals surface area contributed by atoms with Gasteiger partial charge in [-0.25, -0.2) is 0 Å². The molecule has 1 heterocycles. The van der Waals surface area contributed by atoms with E-state index in [0.717, 1.165) is 6.54 Å². The van der Waals surface area contributed by atoms with E-state index in [4.69, 9.17) is 0 Å². The molecule has 1 atom stereocenters. The van der Waals surface area contributed by atoms with Crippen LogP contribution in [0.1, 0.15) is 46.2 Å². The summed E-state index contributed by atoms with van der Waals surface area (Å²) in [7, 11) is 0. The molecule has 2 heteroatoms. The van der Waals surface area contributed by atoms with Crippen molar-refractivity contribution in [3.8, 4) is 0 Å². The molecule has 1 nitrogen and oxygen atoms in total. The van der Waals surface area contributed by atoms with Gasteiger partial charge in [0.2, 0.25) is 0 Å². The quantitative estimate of drug-likeness (QED) is 0.804. The number of hydrogen-bond donors (Lipinski definition) is 1.